The van der Waals surface area contributed by atoms with E-state index in [9.17, 15) is 4.79 Å². The highest BCUT2D eigenvalue weighted by molar-refractivity contribution is 7.10. The maximum Gasteiger partial charge on any atom is 0.319 e. The zero-order chi connectivity index (χ0) is 24.0. The van der Waals surface area contributed by atoms with Crippen molar-refractivity contribution in [2.24, 2.45) is 5.92 Å². The molecule has 8 nitrogen and oxygen atoms in total. The molecule has 1 heterocycles. The summed E-state index contributed by atoms with van der Waals surface area (Å²) in [5, 5.41) is 5.74. The molecule has 184 valence electrons. The van der Waals surface area contributed by atoms with Crippen molar-refractivity contribution in [2.45, 2.75) is 13.8 Å². The molecule has 0 saturated carbocycles. The lowest BCUT2D eigenvalue weighted by Gasteiger charge is -2.15. The average molecular weight is 508 g/mol. The molecular weight excluding hydrogens is 478 g/mol. The Balaban J connectivity index is 0.00000408. The fourth-order valence-corrected chi connectivity index (χ4v) is 4.06. The maximum atomic E-state index is 12.3. The molecule has 1 aromatic heterocycles. The lowest BCUT2D eigenvalue weighted by molar-refractivity contribution is 0.250. The number of urea groups is 1. The second-order valence-electron chi connectivity index (χ2n) is 7.63. The number of hydrogen-bond acceptors (Lipinski definition) is 7. The molecule has 0 radical (unpaired) electrons. The van der Waals surface area contributed by atoms with E-state index in [-0.39, 0.29) is 18.4 Å². The zero-order valence-electron chi connectivity index (χ0n) is 20.1. The van der Waals surface area contributed by atoms with E-state index in [2.05, 4.69) is 15.0 Å². The number of carbonyl (C=O) groups is 1. The Morgan fingerprint density at radius 1 is 0.941 bits per heavy atom. The van der Waals surface area contributed by atoms with Gasteiger partial charge in [-0.15, -0.1) is 12.4 Å². The number of nitrogens with one attached hydrogen (secondary N) is 2. The second-order valence-corrected chi connectivity index (χ2v) is 8.43. The molecular formula is C24H30ClN3O5S. The number of methoxy groups -OCH3 is 4. The topological polar surface area (TPSA) is 90.9 Å². The Labute approximate surface area is 210 Å². The van der Waals surface area contributed by atoms with E-state index < -0.39 is 0 Å². The quantitative estimate of drug-likeness (QED) is 0.385. The number of amides is 2. The molecule has 0 bridgehead atoms. The van der Waals surface area contributed by atoms with Gasteiger partial charge in [0.2, 0.25) is 5.75 Å². The number of halogens is 1. The van der Waals surface area contributed by atoms with E-state index in [1.54, 1.807) is 34.6 Å². The molecule has 2 aromatic carbocycles. The summed E-state index contributed by atoms with van der Waals surface area (Å²) in [6.07, 6.45) is 1.80. The third kappa shape index (κ3) is 6.03. The molecule has 0 aliphatic rings. The summed E-state index contributed by atoms with van der Waals surface area (Å²) in [5.74, 6) is 2.56. The van der Waals surface area contributed by atoms with Gasteiger partial charge < -0.3 is 29.6 Å². The van der Waals surface area contributed by atoms with E-state index >= 15 is 0 Å². The average Bonchev–Trinajstić information content (AvgIpc) is 3.31. The van der Waals surface area contributed by atoms with Crippen molar-refractivity contribution in [3.05, 3.63) is 36.5 Å². The van der Waals surface area contributed by atoms with Gasteiger partial charge >= 0.3 is 6.03 Å². The summed E-state index contributed by atoms with van der Waals surface area (Å²) in [6, 6.07) is 9.12. The minimum absolute atomic E-state index is 0. The summed E-state index contributed by atoms with van der Waals surface area (Å²) >= 11 is 1.36. The number of aromatic nitrogens is 1. The van der Waals surface area contributed by atoms with Crippen LogP contribution in [0.15, 0.2) is 36.5 Å². The first-order valence-electron chi connectivity index (χ1n) is 10.4. The van der Waals surface area contributed by atoms with Gasteiger partial charge in [0.15, 0.2) is 11.5 Å². The van der Waals surface area contributed by atoms with E-state index in [1.165, 1.54) is 11.5 Å². The molecule has 0 aliphatic heterocycles. The van der Waals surface area contributed by atoms with Gasteiger partial charge in [-0.1, -0.05) is 19.9 Å². The molecule has 0 unspecified atom stereocenters. The summed E-state index contributed by atoms with van der Waals surface area (Å²) in [7, 11) is 6.31. The minimum atomic E-state index is -0.285. The summed E-state index contributed by atoms with van der Waals surface area (Å²) in [5.41, 5.74) is 3.23. The number of ether oxygens (including phenoxy) is 4. The van der Waals surface area contributed by atoms with Gasteiger partial charge in [0.1, 0.15) is 5.75 Å². The number of carbonyl (C=O) groups excluding carboxylic acids is 1. The first-order valence-corrected chi connectivity index (χ1v) is 11.2. The SMILES string of the molecule is COc1ccc(-c2cnsc2-c2cc(OC)c(OC)c(OC)c2)cc1NC(=O)NCC(C)C.Cl. The largest absolute Gasteiger partial charge is 0.495 e. The number of nitrogens with zero attached hydrogens (tertiary/aromatic N) is 1. The van der Waals surface area contributed by atoms with Crippen molar-refractivity contribution in [1.29, 1.82) is 0 Å². The van der Waals surface area contributed by atoms with Crippen LogP contribution in [0.1, 0.15) is 13.8 Å². The monoisotopic (exact) mass is 507 g/mol. The number of hydrogen-bond donors (Lipinski definition) is 2. The van der Waals surface area contributed by atoms with Crippen LogP contribution in [0.4, 0.5) is 10.5 Å². The van der Waals surface area contributed by atoms with Crippen LogP contribution in [0.25, 0.3) is 21.6 Å². The highest BCUT2D eigenvalue weighted by Gasteiger charge is 2.19. The van der Waals surface area contributed by atoms with Crippen molar-refractivity contribution >= 4 is 35.7 Å². The number of benzene rings is 2. The molecule has 0 aliphatic carbocycles. The highest BCUT2D eigenvalue weighted by atomic mass is 35.5. The van der Waals surface area contributed by atoms with Gasteiger partial charge in [-0.3, -0.25) is 0 Å². The lowest BCUT2D eigenvalue weighted by atomic mass is 10.0. The van der Waals surface area contributed by atoms with Crippen molar-refractivity contribution < 1.29 is 23.7 Å². The molecule has 2 N–H and O–H groups in total. The number of rotatable bonds is 9. The van der Waals surface area contributed by atoms with E-state index in [0.29, 0.717) is 41.1 Å². The molecule has 2 amide bonds. The highest BCUT2D eigenvalue weighted by Crippen LogP contribution is 2.45. The predicted molar refractivity (Wildman–Crippen MR) is 138 cm³/mol. The van der Waals surface area contributed by atoms with Gasteiger partial charge in [0.25, 0.3) is 0 Å². The first kappa shape index (κ1) is 27.1. The Bertz CT molecular complexity index is 1090. The van der Waals surface area contributed by atoms with Crippen LogP contribution < -0.4 is 29.6 Å². The molecule has 0 atom stereocenters. The van der Waals surface area contributed by atoms with Crippen LogP contribution in [0.5, 0.6) is 23.0 Å². The summed E-state index contributed by atoms with van der Waals surface area (Å²) in [4.78, 5) is 13.3. The molecule has 10 heteroatoms. The molecule has 3 rings (SSSR count). The van der Waals surface area contributed by atoms with Crippen molar-refractivity contribution in [3.8, 4) is 44.6 Å². The third-order valence-electron chi connectivity index (χ3n) is 4.93. The van der Waals surface area contributed by atoms with E-state index in [1.807, 2.05) is 44.2 Å². The molecule has 34 heavy (non-hydrogen) atoms. The molecule has 3 aromatic rings. The summed E-state index contributed by atoms with van der Waals surface area (Å²) in [6.45, 7) is 4.65. The molecule has 0 saturated heterocycles. The van der Waals surface area contributed by atoms with E-state index in [0.717, 1.165) is 21.6 Å². The van der Waals surface area contributed by atoms with Crippen molar-refractivity contribution in [2.75, 3.05) is 40.3 Å². The smallest absolute Gasteiger partial charge is 0.319 e. The van der Waals surface area contributed by atoms with Gasteiger partial charge in [-0.25, -0.2) is 4.79 Å². The van der Waals surface area contributed by atoms with Crippen LogP contribution in [-0.4, -0.2) is 45.4 Å². The zero-order valence-corrected chi connectivity index (χ0v) is 21.7. The van der Waals surface area contributed by atoms with Crippen LogP contribution in [0.3, 0.4) is 0 Å². The fourth-order valence-electron chi connectivity index (χ4n) is 3.30. The standard InChI is InChI=1S/C24H29N3O5S.ClH/c1-14(2)12-25-24(28)27-18-9-15(7-8-19(18)29-3)17-13-26-33-23(17)16-10-20(30-4)22(32-6)21(11-16)31-5;/h7-11,13-14H,12H2,1-6H3,(H2,25,27,28);1H. The van der Waals surface area contributed by atoms with Crippen LogP contribution >= 0.6 is 23.9 Å². The first-order chi connectivity index (χ1) is 15.9. The summed E-state index contributed by atoms with van der Waals surface area (Å²) < 4.78 is 26.3. The van der Waals surface area contributed by atoms with Gasteiger partial charge in [0.05, 0.1) is 39.0 Å². The molecule has 0 spiro atoms. The van der Waals surface area contributed by atoms with Crippen molar-refractivity contribution in [3.63, 3.8) is 0 Å². The Morgan fingerprint density at radius 3 is 2.15 bits per heavy atom. The lowest BCUT2D eigenvalue weighted by Crippen LogP contribution is -2.31. The third-order valence-corrected chi connectivity index (χ3v) is 5.78. The minimum Gasteiger partial charge on any atom is -0.495 e. The number of anilines is 1. The normalized spacial score (nSPS) is 10.3. The Morgan fingerprint density at radius 2 is 1.59 bits per heavy atom. The van der Waals surface area contributed by atoms with Crippen LogP contribution in [-0.2, 0) is 0 Å². The molecule has 0 fully saturated rings. The maximum absolute atomic E-state index is 12.3. The van der Waals surface area contributed by atoms with Crippen molar-refractivity contribution in [1.82, 2.24) is 9.69 Å². The van der Waals surface area contributed by atoms with E-state index in [4.69, 9.17) is 18.9 Å². The van der Waals surface area contributed by atoms with Crippen LogP contribution in [0, 0.1) is 5.92 Å². The van der Waals surface area contributed by atoms with Gasteiger partial charge in [0, 0.05) is 23.9 Å². The van der Waals surface area contributed by atoms with Gasteiger partial charge in [-0.05, 0) is 47.3 Å². The predicted octanol–water partition coefficient (Wildman–Crippen LogP) is 5.71. The van der Waals surface area contributed by atoms with Gasteiger partial charge in [-0.2, -0.15) is 4.37 Å². The van der Waals surface area contributed by atoms with Crippen LogP contribution in [0.2, 0.25) is 0 Å². The fraction of sp³-hybridized carbons (Fsp3) is 0.333. The second kappa shape index (κ2) is 12.3. The Kier molecular flexibility index (Phi) is 9.83. The Hall–Kier alpha value is -3.17.